The number of Topliss-reactive ketones (excluding diaryl/α,β-unsaturated/α-hetero) is 1. The fourth-order valence-electron chi connectivity index (χ4n) is 2.81. The number of aromatic nitrogens is 1. The van der Waals surface area contributed by atoms with Crippen molar-refractivity contribution in [1.29, 1.82) is 0 Å². The predicted molar refractivity (Wildman–Crippen MR) is 115 cm³/mol. The molecule has 3 N–H and O–H groups in total. The van der Waals surface area contributed by atoms with Gasteiger partial charge in [0.1, 0.15) is 11.7 Å². The Morgan fingerprint density at radius 1 is 1.06 bits per heavy atom. The van der Waals surface area contributed by atoms with E-state index in [1.807, 2.05) is 0 Å². The lowest BCUT2D eigenvalue weighted by Crippen LogP contribution is -2.18. The number of hydrogen-bond acceptors (Lipinski definition) is 4. The van der Waals surface area contributed by atoms with Gasteiger partial charge in [-0.25, -0.2) is 13.8 Å². The Labute approximate surface area is 181 Å². The molecule has 3 rings (SSSR count). The molecular formula is C22H17ClF2N4O2. The highest BCUT2D eigenvalue weighted by atomic mass is 35.5. The lowest BCUT2D eigenvalue weighted by Gasteiger charge is -2.11. The van der Waals surface area contributed by atoms with Gasteiger partial charge >= 0.3 is 0 Å². The summed E-state index contributed by atoms with van der Waals surface area (Å²) in [6.45, 7) is 0. The third-order valence-corrected chi connectivity index (χ3v) is 4.68. The van der Waals surface area contributed by atoms with Crippen LogP contribution in [0.4, 0.5) is 14.6 Å². The second-order valence-electron chi connectivity index (χ2n) is 6.53. The van der Waals surface area contributed by atoms with Gasteiger partial charge in [-0.05, 0) is 29.8 Å². The molecule has 0 fully saturated rings. The van der Waals surface area contributed by atoms with E-state index in [-0.39, 0.29) is 29.1 Å². The second-order valence-corrected chi connectivity index (χ2v) is 6.96. The quantitative estimate of drug-likeness (QED) is 0.342. The Morgan fingerprint density at radius 3 is 2.32 bits per heavy atom. The number of carbonyl (C=O) groups is 2. The fraction of sp³-hybridized carbons (Fsp3) is 0.0909. The first-order valence-corrected chi connectivity index (χ1v) is 9.43. The first kappa shape index (κ1) is 22.0. The normalized spacial score (nSPS) is 11.3. The molecule has 0 saturated heterocycles. The standard InChI is InChI=1S/C22H17ClF2N4O2/c1-27-21(26)13-4-2-12(3-5-13)19(30)9-14-8-17(24)18(25)10-16(14)22(31)29-20-7-6-15(23)11-28-20/h2-8,10-11H,9H2,1H3,(H2,26,27)(H,28,29,31). The number of halogens is 3. The molecule has 0 saturated carbocycles. The summed E-state index contributed by atoms with van der Waals surface area (Å²) in [5, 5.41) is 2.85. The number of amidine groups is 1. The Hall–Kier alpha value is -3.65. The third kappa shape index (κ3) is 5.29. The maximum absolute atomic E-state index is 13.9. The molecule has 1 aromatic heterocycles. The molecule has 0 bridgehead atoms. The largest absolute Gasteiger partial charge is 0.384 e. The van der Waals surface area contributed by atoms with Crippen molar-refractivity contribution in [2.45, 2.75) is 6.42 Å². The summed E-state index contributed by atoms with van der Waals surface area (Å²) in [5.74, 6) is -3.01. The zero-order valence-electron chi connectivity index (χ0n) is 16.3. The molecule has 0 aliphatic carbocycles. The van der Waals surface area contributed by atoms with Crippen molar-refractivity contribution >= 4 is 34.9 Å². The second kappa shape index (κ2) is 9.44. The molecule has 0 aliphatic rings. The minimum Gasteiger partial charge on any atom is -0.384 e. The number of anilines is 1. The smallest absolute Gasteiger partial charge is 0.257 e. The van der Waals surface area contributed by atoms with Gasteiger partial charge in [0.2, 0.25) is 0 Å². The predicted octanol–water partition coefficient (Wildman–Crippen LogP) is 4.03. The third-order valence-electron chi connectivity index (χ3n) is 4.45. The Morgan fingerprint density at radius 2 is 1.71 bits per heavy atom. The number of aliphatic imine (C=N–C) groups is 1. The average Bonchev–Trinajstić information content (AvgIpc) is 2.77. The van der Waals surface area contributed by atoms with Gasteiger partial charge in [-0.15, -0.1) is 0 Å². The van der Waals surface area contributed by atoms with Gasteiger partial charge in [0.15, 0.2) is 17.4 Å². The van der Waals surface area contributed by atoms with E-state index in [0.29, 0.717) is 22.0 Å². The maximum atomic E-state index is 13.9. The van der Waals surface area contributed by atoms with E-state index in [9.17, 15) is 18.4 Å². The van der Waals surface area contributed by atoms with E-state index in [4.69, 9.17) is 17.3 Å². The van der Waals surface area contributed by atoms with Crippen molar-refractivity contribution in [3.8, 4) is 0 Å². The fourth-order valence-corrected chi connectivity index (χ4v) is 2.92. The van der Waals surface area contributed by atoms with Crippen LogP contribution in [0.2, 0.25) is 5.02 Å². The zero-order chi connectivity index (χ0) is 22.5. The summed E-state index contributed by atoms with van der Waals surface area (Å²) < 4.78 is 27.7. The Kier molecular flexibility index (Phi) is 6.71. The summed E-state index contributed by atoms with van der Waals surface area (Å²) in [7, 11) is 1.55. The molecule has 31 heavy (non-hydrogen) atoms. The minimum absolute atomic E-state index is 0.0362. The van der Waals surface area contributed by atoms with Crippen LogP contribution in [0.1, 0.15) is 31.8 Å². The monoisotopic (exact) mass is 442 g/mol. The molecule has 2 aromatic carbocycles. The first-order valence-electron chi connectivity index (χ1n) is 9.05. The van der Waals surface area contributed by atoms with Crippen molar-refractivity contribution in [3.63, 3.8) is 0 Å². The lowest BCUT2D eigenvalue weighted by molar-refractivity contribution is 0.0992. The molecule has 0 spiro atoms. The summed E-state index contributed by atoms with van der Waals surface area (Å²) >= 11 is 5.76. The van der Waals surface area contributed by atoms with Gasteiger partial charge in [-0.1, -0.05) is 35.9 Å². The van der Waals surface area contributed by atoms with Gasteiger partial charge in [0, 0.05) is 36.4 Å². The van der Waals surface area contributed by atoms with E-state index in [0.717, 1.165) is 12.1 Å². The highest BCUT2D eigenvalue weighted by molar-refractivity contribution is 6.30. The molecule has 1 amide bonds. The number of nitrogens with two attached hydrogens (primary N) is 1. The molecule has 1 heterocycles. The molecule has 0 aliphatic heterocycles. The topological polar surface area (TPSA) is 97.4 Å². The number of rotatable bonds is 6. The first-order chi connectivity index (χ1) is 14.8. The molecule has 6 nitrogen and oxygen atoms in total. The van der Waals surface area contributed by atoms with Crippen LogP contribution in [-0.4, -0.2) is 29.6 Å². The van der Waals surface area contributed by atoms with E-state index < -0.39 is 17.5 Å². The van der Waals surface area contributed by atoms with Gasteiger partial charge < -0.3 is 11.1 Å². The Balaban J connectivity index is 1.86. The minimum atomic E-state index is -1.20. The summed E-state index contributed by atoms with van der Waals surface area (Å²) in [6.07, 6.45) is 1.01. The van der Waals surface area contributed by atoms with Crippen LogP contribution in [-0.2, 0) is 6.42 Å². The molecule has 158 valence electrons. The van der Waals surface area contributed by atoms with Crippen molar-refractivity contribution < 1.29 is 18.4 Å². The maximum Gasteiger partial charge on any atom is 0.257 e. The summed E-state index contributed by atoms with van der Waals surface area (Å²) in [6, 6.07) is 10.9. The highest BCUT2D eigenvalue weighted by Gasteiger charge is 2.19. The molecular weight excluding hydrogens is 426 g/mol. The van der Waals surface area contributed by atoms with Crippen molar-refractivity contribution in [1.82, 2.24) is 4.98 Å². The van der Waals surface area contributed by atoms with Crippen LogP contribution in [0.15, 0.2) is 59.7 Å². The number of carbonyl (C=O) groups excluding carboxylic acids is 2. The molecule has 0 atom stereocenters. The molecule has 9 heteroatoms. The highest BCUT2D eigenvalue weighted by Crippen LogP contribution is 2.20. The van der Waals surface area contributed by atoms with Gasteiger partial charge in [-0.2, -0.15) is 0 Å². The average molecular weight is 443 g/mol. The van der Waals surface area contributed by atoms with Crippen molar-refractivity contribution in [2.24, 2.45) is 10.7 Å². The summed E-state index contributed by atoms with van der Waals surface area (Å²) in [5.41, 5.74) is 6.55. The van der Waals surface area contributed by atoms with Crippen LogP contribution in [0, 0.1) is 11.6 Å². The lowest BCUT2D eigenvalue weighted by atomic mass is 9.97. The van der Waals surface area contributed by atoms with E-state index in [2.05, 4.69) is 15.3 Å². The van der Waals surface area contributed by atoms with Crippen molar-refractivity contribution in [2.75, 3.05) is 12.4 Å². The van der Waals surface area contributed by atoms with Crippen LogP contribution in [0.5, 0.6) is 0 Å². The number of hydrogen-bond donors (Lipinski definition) is 2. The molecule has 0 unspecified atom stereocenters. The SMILES string of the molecule is CN=C(N)c1ccc(C(=O)Cc2cc(F)c(F)cc2C(=O)Nc2ccc(Cl)cn2)cc1. The number of pyridine rings is 1. The zero-order valence-corrected chi connectivity index (χ0v) is 17.1. The number of ketones is 1. The van der Waals surface area contributed by atoms with E-state index in [1.165, 1.54) is 18.3 Å². The van der Waals surface area contributed by atoms with Crippen LogP contribution >= 0.6 is 11.6 Å². The van der Waals surface area contributed by atoms with Gasteiger partial charge in [0.25, 0.3) is 5.91 Å². The molecule has 0 radical (unpaired) electrons. The number of nitrogens with one attached hydrogen (secondary N) is 1. The molecule has 3 aromatic rings. The van der Waals surface area contributed by atoms with Crippen LogP contribution in [0.25, 0.3) is 0 Å². The van der Waals surface area contributed by atoms with E-state index in [1.54, 1.807) is 31.3 Å². The summed E-state index contributed by atoms with van der Waals surface area (Å²) in [4.78, 5) is 33.1. The van der Waals surface area contributed by atoms with Crippen molar-refractivity contribution in [3.05, 3.63) is 93.6 Å². The Bertz CT molecular complexity index is 1160. The van der Waals surface area contributed by atoms with E-state index >= 15 is 0 Å². The number of amides is 1. The van der Waals surface area contributed by atoms with Gasteiger partial charge in [-0.3, -0.25) is 14.6 Å². The van der Waals surface area contributed by atoms with Gasteiger partial charge in [0.05, 0.1) is 5.02 Å². The van der Waals surface area contributed by atoms with Crippen LogP contribution < -0.4 is 11.1 Å². The number of nitrogens with zero attached hydrogens (tertiary/aromatic N) is 2. The van der Waals surface area contributed by atoms with Crippen LogP contribution in [0.3, 0.4) is 0 Å². The number of benzene rings is 2.